The molecule has 0 unspecified atom stereocenters. The first-order chi connectivity index (χ1) is 3.93. The number of H-pyrrole nitrogens is 1. The molecule has 41 valence electrons. The summed E-state index contributed by atoms with van der Waals surface area (Å²) < 4.78 is 0. The monoisotopic (exact) mass is 108 g/mol. The Kier molecular flexibility index (Phi) is 1.42. The Morgan fingerprint density at radius 1 is 1.88 bits per heavy atom. The fourth-order valence-corrected chi connectivity index (χ4v) is 0.431. The average Bonchev–Trinajstić information content (AvgIpc) is 2.19. The van der Waals surface area contributed by atoms with Crippen molar-refractivity contribution >= 4 is 0 Å². The lowest BCUT2D eigenvalue weighted by atomic mass is 10.3. The molecule has 0 saturated carbocycles. The van der Waals surface area contributed by atoms with Gasteiger partial charge in [-0.05, 0) is 0 Å². The van der Waals surface area contributed by atoms with Crippen LogP contribution in [0.4, 0.5) is 0 Å². The first-order valence-electron chi connectivity index (χ1n) is 2.32. The molecule has 0 aliphatic heterocycles. The topological polar surface area (TPSA) is 41.6 Å². The van der Waals surface area contributed by atoms with Crippen LogP contribution >= 0.6 is 0 Å². The fraction of sp³-hybridized carbons (Fsp3) is 0.200. The van der Waals surface area contributed by atoms with Gasteiger partial charge in [-0.2, -0.15) is 0 Å². The van der Waals surface area contributed by atoms with Crippen LogP contribution in [-0.4, -0.2) is 15.4 Å². The van der Waals surface area contributed by atoms with Crippen LogP contribution in [0.1, 0.15) is 5.69 Å². The highest BCUT2D eigenvalue weighted by Gasteiger charge is 1.87. The van der Waals surface area contributed by atoms with Crippen LogP contribution in [0.5, 0.6) is 0 Å². The van der Waals surface area contributed by atoms with E-state index in [1.54, 1.807) is 6.08 Å². The maximum atomic E-state index is 3.54. The number of nitrogens with one attached hydrogen (secondary N) is 1. The molecule has 3 heteroatoms. The second-order valence-corrected chi connectivity index (χ2v) is 1.39. The molecule has 1 heterocycles. The van der Waals surface area contributed by atoms with Crippen molar-refractivity contribution in [3.8, 4) is 0 Å². The predicted molar refractivity (Wildman–Crippen MR) is 29.1 cm³/mol. The van der Waals surface area contributed by atoms with Gasteiger partial charge in [-0.15, -0.1) is 11.7 Å². The van der Waals surface area contributed by atoms with E-state index < -0.39 is 0 Å². The number of hydrogen-bond acceptors (Lipinski definition) is 2. The number of aromatic nitrogens is 3. The molecule has 1 aromatic rings. The van der Waals surface area contributed by atoms with E-state index in [-0.39, 0.29) is 0 Å². The molecule has 0 spiro atoms. The van der Waals surface area contributed by atoms with Gasteiger partial charge in [0.2, 0.25) is 0 Å². The maximum absolute atomic E-state index is 3.54. The van der Waals surface area contributed by atoms with Gasteiger partial charge in [-0.3, -0.25) is 5.10 Å². The van der Waals surface area contributed by atoms with Crippen LogP contribution < -0.4 is 0 Å². The van der Waals surface area contributed by atoms with Crippen molar-refractivity contribution in [2.75, 3.05) is 0 Å². The third kappa shape index (κ3) is 0.932. The zero-order chi connectivity index (χ0) is 5.82. The normalized spacial score (nSPS) is 9.00. The van der Waals surface area contributed by atoms with E-state index >= 15 is 0 Å². The molecule has 0 aliphatic rings. The van der Waals surface area contributed by atoms with E-state index in [9.17, 15) is 0 Å². The van der Waals surface area contributed by atoms with Crippen LogP contribution in [0.15, 0.2) is 12.7 Å². The van der Waals surface area contributed by atoms with Crippen LogP contribution in [0.2, 0.25) is 0 Å². The highest BCUT2D eigenvalue weighted by Crippen LogP contribution is 1.87. The van der Waals surface area contributed by atoms with Gasteiger partial charge in [-0.25, -0.2) is 0 Å². The second-order valence-electron chi connectivity index (χ2n) is 1.39. The van der Waals surface area contributed by atoms with Crippen LogP contribution in [0.25, 0.3) is 0 Å². The van der Waals surface area contributed by atoms with E-state index in [2.05, 4.69) is 28.2 Å². The quantitative estimate of drug-likeness (QED) is 0.555. The van der Waals surface area contributed by atoms with Gasteiger partial charge in [-0.1, -0.05) is 11.3 Å². The molecule has 1 rings (SSSR count). The Morgan fingerprint density at radius 3 is 3.25 bits per heavy atom. The van der Waals surface area contributed by atoms with Gasteiger partial charge in [0.25, 0.3) is 0 Å². The highest BCUT2D eigenvalue weighted by molar-refractivity contribution is 4.94. The van der Waals surface area contributed by atoms with Gasteiger partial charge in [0, 0.05) is 6.42 Å². The summed E-state index contributed by atoms with van der Waals surface area (Å²) in [5.41, 5.74) is 0.875. The summed E-state index contributed by atoms with van der Waals surface area (Å²) in [6.45, 7) is 3.54. The molecule has 0 amide bonds. The summed E-state index contributed by atoms with van der Waals surface area (Å²) in [4.78, 5) is 0. The summed E-state index contributed by atoms with van der Waals surface area (Å²) in [6, 6.07) is 0. The van der Waals surface area contributed by atoms with E-state index in [0.29, 0.717) is 0 Å². The molecular formula is C5H6N3. The van der Waals surface area contributed by atoms with Crippen LogP contribution in [0, 0.1) is 6.20 Å². The third-order valence-electron chi connectivity index (χ3n) is 0.768. The smallest absolute Gasteiger partial charge is 0.138 e. The first-order valence-corrected chi connectivity index (χ1v) is 2.32. The predicted octanol–water partition coefficient (Wildman–Crippen LogP) is 0.333. The molecule has 3 nitrogen and oxygen atoms in total. The molecular weight excluding hydrogens is 102 g/mol. The second kappa shape index (κ2) is 2.26. The number of aromatic amines is 1. The minimum absolute atomic E-state index is 0.757. The summed E-state index contributed by atoms with van der Waals surface area (Å²) in [6.07, 6.45) is 5.18. The lowest BCUT2D eigenvalue weighted by Gasteiger charge is -1.79. The number of nitrogens with zero attached hydrogens (tertiary/aromatic N) is 2. The molecule has 0 bridgehead atoms. The van der Waals surface area contributed by atoms with E-state index in [1.165, 1.54) is 0 Å². The molecule has 1 N–H and O–H groups in total. The highest BCUT2D eigenvalue weighted by atomic mass is 15.3. The summed E-state index contributed by atoms with van der Waals surface area (Å²) in [7, 11) is 0. The summed E-state index contributed by atoms with van der Waals surface area (Å²) >= 11 is 0. The standard InChI is InChI=1S/C5H6N3/c1-2-3-5-4-6-8-7-5/h2H,1,3H2,(H,6,7,8). The van der Waals surface area contributed by atoms with Crippen molar-refractivity contribution in [3.63, 3.8) is 0 Å². The van der Waals surface area contributed by atoms with Crippen LogP contribution in [-0.2, 0) is 6.42 Å². The van der Waals surface area contributed by atoms with E-state index in [0.717, 1.165) is 12.1 Å². The third-order valence-corrected chi connectivity index (χ3v) is 0.768. The Bertz CT molecular complexity index is 154. The zero-order valence-electron chi connectivity index (χ0n) is 4.39. The van der Waals surface area contributed by atoms with Gasteiger partial charge < -0.3 is 0 Å². The summed E-state index contributed by atoms with van der Waals surface area (Å²) in [5, 5.41) is 9.58. The Balaban J connectivity index is 2.62. The minimum Gasteiger partial charge on any atom is -0.261 e. The Hall–Kier alpha value is -1.12. The Labute approximate surface area is 47.4 Å². The molecule has 0 aromatic carbocycles. The van der Waals surface area contributed by atoms with Gasteiger partial charge >= 0.3 is 0 Å². The van der Waals surface area contributed by atoms with E-state index in [1.807, 2.05) is 0 Å². The molecule has 0 aliphatic carbocycles. The molecule has 0 saturated heterocycles. The van der Waals surface area contributed by atoms with Gasteiger partial charge in [0.15, 0.2) is 0 Å². The van der Waals surface area contributed by atoms with Gasteiger partial charge in [0.1, 0.15) is 6.20 Å². The lowest BCUT2D eigenvalue weighted by Crippen LogP contribution is -1.78. The first kappa shape index (κ1) is 5.03. The zero-order valence-corrected chi connectivity index (χ0v) is 4.39. The molecule has 1 aromatic heterocycles. The van der Waals surface area contributed by atoms with Crippen molar-refractivity contribution in [2.45, 2.75) is 6.42 Å². The molecule has 1 radical (unpaired) electrons. The van der Waals surface area contributed by atoms with Crippen LogP contribution in [0.3, 0.4) is 0 Å². The fourth-order valence-electron chi connectivity index (χ4n) is 0.431. The Morgan fingerprint density at radius 2 is 2.75 bits per heavy atom. The number of rotatable bonds is 2. The van der Waals surface area contributed by atoms with Crippen molar-refractivity contribution in [1.29, 1.82) is 0 Å². The largest absolute Gasteiger partial charge is 0.261 e. The molecule has 8 heavy (non-hydrogen) atoms. The van der Waals surface area contributed by atoms with Crippen molar-refractivity contribution in [2.24, 2.45) is 0 Å². The summed E-state index contributed by atoms with van der Waals surface area (Å²) in [5.74, 6) is 0. The van der Waals surface area contributed by atoms with Crippen molar-refractivity contribution < 1.29 is 0 Å². The van der Waals surface area contributed by atoms with Crippen molar-refractivity contribution in [1.82, 2.24) is 15.4 Å². The van der Waals surface area contributed by atoms with E-state index in [4.69, 9.17) is 0 Å². The van der Waals surface area contributed by atoms with Gasteiger partial charge in [0.05, 0.1) is 5.69 Å². The molecule has 0 fully saturated rings. The minimum atomic E-state index is 0.757. The number of hydrogen-bond donors (Lipinski definition) is 1. The SMILES string of the molecule is C=CCc1[c]nn[nH]1. The van der Waals surface area contributed by atoms with Crippen molar-refractivity contribution in [3.05, 3.63) is 24.5 Å². The maximum Gasteiger partial charge on any atom is 0.138 e. The lowest BCUT2D eigenvalue weighted by molar-refractivity contribution is 0.918. The average molecular weight is 108 g/mol. The number of allylic oxidation sites excluding steroid dienone is 1. The molecule has 0 atom stereocenters.